The number of fused-ring (bicyclic) bond motifs is 4. The molecule has 13 aromatic carbocycles. The van der Waals surface area contributed by atoms with Crippen molar-refractivity contribution in [1.82, 2.24) is 20.0 Å². The maximum atomic E-state index is 11.7. The Balaban J connectivity index is 0.000000167. The van der Waals surface area contributed by atoms with E-state index in [1.54, 1.807) is 12.1 Å². The fourth-order valence-electron chi connectivity index (χ4n) is 16.9. The molecule has 4 N–H and O–H groups in total. The topological polar surface area (TPSA) is 191 Å². The number of hydrogen-bond donors (Lipinski definition) is 4. The van der Waals surface area contributed by atoms with E-state index in [-0.39, 0.29) is 68.6 Å². The molecule has 0 aromatic heterocycles. The van der Waals surface area contributed by atoms with Crippen LogP contribution in [0.3, 0.4) is 0 Å². The second-order valence-corrected chi connectivity index (χ2v) is 31.5. The van der Waals surface area contributed by atoms with Crippen molar-refractivity contribution in [1.29, 1.82) is 5.53 Å². The normalized spacial score (nSPS) is 13.5. The van der Waals surface area contributed by atoms with Gasteiger partial charge in [-0.2, -0.15) is 15.1 Å². The summed E-state index contributed by atoms with van der Waals surface area (Å²) in [6.07, 6.45) is 3.36. The van der Waals surface area contributed by atoms with Crippen LogP contribution in [0.25, 0.3) is 0 Å². The number of carbonyl (C=O) groups is 2. The van der Waals surface area contributed by atoms with E-state index < -0.39 is 28.6 Å². The quantitative estimate of drug-likeness (QED) is 0.0252. The molecule has 17 rings (SSSR count). The van der Waals surface area contributed by atoms with Crippen LogP contribution in [0.4, 0.5) is 0 Å². The summed E-state index contributed by atoms with van der Waals surface area (Å²) in [6.45, 7) is 6.08. The third-order valence-electron chi connectivity index (χ3n) is 21.8. The van der Waals surface area contributed by atoms with Gasteiger partial charge in [0.1, 0.15) is 0 Å². The van der Waals surface area contributed by atoms with Crippen molar-refractivity contribution in [3.8, 4) is 0 Å². The van der Waals surface area contributed by atoms with Crippen molar-refractivity contribution in [2.75, 3.05) is 26.2 Å². The molecule has 0 fully saturated rings. The fraction of sp³-hybridized carbons (Fsp3) is 0.156. The molecule has 4 aliphatic heterocycles. The summed E-state index contributed by atoms with van der Waals surface area (Å²) in [5.41, 5.74) is 23.9. The minimum Gasteiger partial charge on any atom is -0.478 e. The number of benzene rings is 13. The summed E-state index contributed by atoms with van der Waals surface area (Å²) in [5.74, 6) is -2.18. The van der Waals surface area contributed by atoms with Gasteiger partial charge in [-0.3, -0.25) is 14.7 Å². The van der Waals surface area contributed by atoms with Gasteiger partial charge >= 0.3 is 37.0 Å². The summed E-state index contributed by atoms with van der Waals surface area (Å²) in [4.78, 5) is 46.5. The Kier molecular flexibility index (Phi) is 34.7. The summed E-state index contributed by atoms with van der Waals surface area (Å²) < 4.78 is 2.60. The molecule has 4 heterocycles. The third-order valence-corrected chi connectivity index (χ3v) is 24.3. The first kappa shape index (κ1) is 94.0. The Hall–Kier alpha value is -9.28. The Morgan fingerprint density at radius 2 is 0.678 bits per heavy atom. The minimum absolute atomic E-state index is 0. The molecule has 0 saturated carbocycles. The van der Waals surface area contributed by atoms with Crippen molar-refractivity contribution >= 4 is 135 Å². The number of aromatic carboxylic acids is 2. The monoisotopic (exact) mass is 1800 g/mol. The Bertz CT molecular complexity index is 5230. The van der Waals surface area contributed by atoms with Crippen LogP contribution < -0.4 is 24.2 Å². The van der Waals surface area contributed by atoms with Gasteiger partial charge in [0.25, 0.3) is 0 Å². The maximum Gasteiger partial charge on any atom is 1.00 e. The van der Waals surface area contributed by atoms with Gasteiger partial charge < -0.3 is 15.5 Å². The predicted molar refractivity (Wildman–Crippen MR) is 482 cm³/mol. The van der Waals surface area contributed by atoms with Crippen molar-refractivity contribution in [2.45, 2.75) is 68.5 Å². The number of hydrogen-bond acceptors (Lipinski definition) is 10. The number of nitrogens with zero attached hydrogens (tertiary/aromatic N) is 6. The van der Waals surface area contributed by atoms with E-state index in [4.69, 9.17) is 113 Å². The van der Waals surface area contributed by atoms with Gasteiger partial charge in [0.2, 0.25) is 0 Å². The van der Waals surface area contributed by atoms with E-state index in [1.807, 2.05) is 30.3 Å². The van der Waals surface area contributed by atoms with E-state index in [1.165, 1.54) is 50.1 Å². The zero-order valence-electron chi connectivity index (χ0n) is 65.4. The first-order valence-electron chi connectivity index (χ1n) is 38.0. The largest absolute Gasteiger partial charge is 1.00 e. The van der Waals surface area contributed by atoms with Crippen LogP contribution in [0.1, 0.15) is 115 Å². The molecule has 0 radical (unpaired) electrons. The van der Waals surface area contributed by atoms with Crippen LogP contribution in [0.2, 0.25) is 40.2 Å². The van der Waals surface area contributed by atoms with Gasteiger partial charge in [0, 0.05) is 49.3 Å². The van der Waals surface area contributed by atoms with Crippen LogP contribution in [0.15, 0.2) is 318 Å². The molecule has 0 unspecified atom stereocenters. The van der Waals surface area contributed by atoms with Crippen molar-refractivity contribution in [2.24, 2.45) is 15.1 Å². The molecule has 0 amide bonds. The molecule has 610 valence electrons. The molecular formula is C96H79Cl10LiN8O6. The van der Waals surface area contributed by atoms with Crippen molar-refractivity contribution < 1.29 is 48.3 Å². The number of carboxylic acids is 2. The Labute approximate surface area is 767 Å². The molecule has 4 aliphatic rings. The zero-order chi connectivity index (χ0) is 84.1. The molecule has 13 aromatic rings. The first-order valence-corrected chi connectivity index (χ1v) is 41.4. The van der Waals surface area contributed by atoms with Gasteiger partial charge in [-0.25, -0.2) is 9.59 Å². The zero-order valence-corrected chi connectivity index (χ0v) is 73.0. The smallest absolute Gasteiger partial charge is 0.478 e. The van der Waals surface area contributed by atoms with Gasteiger partial charge in [-0.05, 0) is 151 Å². The first-order chi connectivity index (χ1) is 57.9. The number of rotatable bonds is 15. The second-order valence-electron chi connectivity index (χ2n) is 28.2. The van der Waals surface area contributed by atoms with E-state index >= 15 is 0 Å². The summed E-state index contributed by atoms with van der Waals surface area (Å²) in [6, 6.07) is 109. The second kappa shape index (κ2) is 44.7. The van der Waals surface area contributed by atoms with Gasteiger partial charge in [-0.1, -0.05) is 364 Å². The molecule has 0 atom stereocenters. The number of carboxylic acid groups (broad SMARTS) is 2. The average Bonchev–Trinajstić information content (AvgIpc) is 0.736. The summed E-state index contributed by atoms with van der Waals surface area (Å²) >= 11 is 55.2. The molecule has 0 aliphatic carbocycles. The molecule has 121 heavy (non-hydrogen) atoms. The summed E-state index contributed by atoms with van der Waals surface area (Å²) in [5, 5.41) is 30.4. The molecular weight excluding hydrogens is 1720 g/mol. The molecule has 0 bridgehead atoms. The van der Waals surface area contributed by atoms with Gasteiger partial charge in [-0.15, -0.1) is 58.9 Å². The van der Waals surface area contributed by atoms with Gasteiger partial charge in [0.05, 0.1) is 59.6 Å². The number of nitrogens with one attached hydrogen (secondary N) is 2. The minimum atomic E-state index is -1.10. The average molecular weight is 1800 g/mol. The van der Waals surface area contributed by atoms with Crippen molar-refractivity contribution in [3.05, 3.63) is 455 Å². The van der Waals surface area contributed by atoms with E-state index in [0.717, 1.165) is 102 Å². The van der Waals surface area contributed by atoms with E-state index in [9.17, 15) is 14.7 Å². The number of carbonyl (C=O) groups excluding carboxylic acids is 2. The van der Waals surface area contributed by atoms with Crippen LogP contribution in [0, 0.1) is 11.6 Å². The molecule has 25 heteroatoms. The van der Waals surface area contributed by atoms with Crippen LogP contribution in [0.5, 0.6) is 0 Å². The fourth-order valence-corrected chi connectivity index (χ4v) is 19.7. The number of halogens is 10. The van der Waals surface area contributed by atoms with Gasteiger partial charge in [0.15, 0.2) is 0 Å². The van der Waals surface area contributed by atoms with Crippen LogP contribution in [-0.4, -0.2) is 69.2 Å². The van der Waals surface area contributed by atoms with Crippen molar-refractivity contribution in [3.63, 3.8) is 0 Å². The molecule has 14 nitrogen and oxygen atoms in total. The standard InChI is InChI=1S/C29H23Cl2NO2.C28H23Cl2N.C28H22Cl2N.C10H9Cl2NO2.CO2.ClHN4.ClH.Li/c30-25-18-20-19-32(17-16-24(20)27(31)26(25)28(33)34)29(21-10-4-1-5-11-21,22-12-6-2-7-13-22)23-14-8-3-9-15-23;2*29-25-18-21-20-31(17-16-26(21)27(30)19-25)28(22-10-4-1-5-11-22,23-12-6-2-7-13-23)24-14-8-3-9-15-24;11-7-3-5-4-13-2-1-6(5)9(12)8(7)10(14)15;2-1-3;1-3-5-4-2;;/h1-15,18H,16-17,19H2,(H,33,34);1-15,18-19H,16-17,20H2;1-15,18H,16-17,20H2;3,13H,1-2,4H2,(H,14,15);;2H;1H;/q;;-1;;;;;+1. The summed E-state index contributed by atoms with van der Waals surface area (Å²) in [7, 11) is 0. The van der Waals surface area contributed by atoms with Crippen LogP contribution >= 0.6 is 117 Å². The predicted octanol–water partition coefficient (Wildman–Crippen LogP) is 22.2. The SMILES string of the molecule is Cl.Clc1[c-]c(Cl)c2c(c1)CN(C(c1ccccc1)(c1ccccc1)c1ccccc1)CC2.Clc1cc(Cl)c2c(c1)CN(C(c1ccccc1)(c1ccccc1)c1ccccc1)CC2.N=NN=NCl.O=C(O)c1c(Cl)cc2c(c1Cl)CCN(C(c1ccccc1)(c1ccccc1)c1ccccc1)C2.O=C(O)c1c(Cl)cc2c(c1Cl)CCNC2.O=C=O.[Li+]. The molecule has 0 spiro atoms. The van der Waals surface area contributed by atoms with E-state index in [0.29, 0.717) is 41.1 Å². The van der Waals surface area contributed by atoms with E-state index in [2.05, 4.69) is 314 Å². The Morgan fingerprint density at radius 1 is 0.397 bits per heavy atom. The molecule has 0 saturated heterocycles. The van der Waals surface area contributed by atoms with Crippen LogP contribution in [-0.2, 0) is 78.1 Å². The Morgan fingerprint density at radius 3 is 0.975 bits per heavy atom. The maximum absolute atomic E-state index is 11.7. The third kappa shape index (κ3) is 20.8.